The molecule has 2 aliphatic rings. The van der Waals surface area contributed by atoms with Gasteiger partial charge in [-0.05, 0) is 36.9 Å². The Kier molecular flexibility index (Phi) is 6.54. The highest BCUT2D eigenvalue weighted by Crippen LogP contribution is 2.28. The van der Waals surface area contributed by atoms with Crippen molar-refractivity contribution in [1.82, 2.24) is 10.2 Å². The zero-order valence-electron chi connectivity index (χ0n) is 13.6. The number of thioether (sulfide) groups is 2. The van der Waals surface area contributed by atoms with E-state index in [0.29, 0.717) is 6.04 Å². The summed E-state index contributed by atoms with van der Waals surface area (Å²) in [4.78, 5) is 2.64. The van der Waals surface area contributed by atoms with E-state index in [9.17, 15) is 0 Å². The maximum atomic E-state index is 3.77. The van der Waals surface area contributed by atoms with Gasteiger partial charge in [0.15, 0.2) is 0 Å². The molecule has 2 heterocycles. The second-order valence-corrected chi connectivity index (χ2v) is 8.74. The van der Waals surface area contributed by atoms with Crippen molar-refractivity contribution in [3.63, 3.8) is 0 Å². The molecule has 0 amide bonds. The van der Waals surface area contributed by atoms with Crippen LogP contribution in [0.2, 0.25) is 0 Å². The molecule has 0 bridgehead atoms. The summed E-state index contributed by atoms with van der Waals surface area (Å²) in [6.45, 7) is 7.09. The minimum Gasteiger partial charge on any atom is -0.311 e. The number of hydrogen-bond acceptors (Lipinski definition) is 4. The number of aryl methyl sites for hydroxylation is 1. The molecule has 4 heteroatoms. The van der Waals surface area contributed by atoms with Gasteiger partial charge in [-0.1, -0.05) is 24.3 Å². The Morgan fingerprint density at radius 3 is 2.73 bits per heavy atom. The zero-order valence-corrected chi connectivity index (χ0v) is 15.2. The highest BCUT2D eigenvalue weighted by Gasteiger charge is 2.24. The van der Waals surface area contributed by atoms with Crippen LogP contribution in [0.25, 0.3) is 0 Å². The molecular weight excluding hydrogens is 308 g/mol. The lowest BCUT2D eigenvalue weighted by Crippen LogP contribution is -2.39. The molecule has 1 atom stereocenters. The topological polar surface area (TPSA) is 15.3 Å². The van der Waals surface area contributed by atoms with Gasteiger partial charge in [0, 0.05) is 48.7 Å². The van der Waals surface area contributed by atoms with Gasteiger partial charge in [0.2, 0.25) is 0 Å². The van der Waals surface area contributed by atoms with Gasteiger partial charge in [-0.25, -0.2) is 0 Å². The van der Waals surface area contributed by atoms with E-state index in [1.54, 1.807) is 5.56 Å². The fourth-order valence-corrected chi connectivity index (χ4v) is 5.96. The van der Waals surface area contributed by atoms with Crippen LogP contribution in [0.15, 0.2) is 24.3 Å². The Morgan fingerprint density at radius 2 is 1.95 bits per heavy atom. The number of benzene rings is 1. The maximum Gasteiger partial charge on any atom is 0.0249 e. The molecule has 2 aliphatic heterocycles. The van der Waals surface area contributed by atoms with Crippen molar-refractivity contribution in [3.05, 3.63) is 35.4 Å². The fraction of sp³-hybridized carbons (Fsp3) is 0.667. The number of likely N-dealkylation sites (tertiary alicyclic amines) is 1. The summed E-state index contributed by atoms with van der Waals surface area (Å²) in [6, 6.07) is 9.63. The molecule has 0 radical (unpaired) electrons. The largest absolute Gasteiger partial charge is 0.311 e. The van der Waals surface area contributed by atoms with E-state index in [-0.39, 0.29) is 0 Å². The summed E-state index contributed by atoms with van der Waals surface area (Å²) in [6.07, 6.45) is 1.32. The van der Waals surface area contributed by atoms with E-state index in [2.05, 4.69) is 64.9 Å². The lowest BCUT2D eigenvalue weighted by atomic mass is 9.94. The predicted molar refractivity (Wildman–Crippen MR) is 101 cm³/mol. The first kappa shape index (κ1) is 16.7. The van der Waals surface area contributed by atoms with E-state index < -0.39 is 0 Å². The van der Waals surface area contributed by atoms with Gasteiger partial charge in [0.25, 0.3) is 0 Å². The molecule has 3 rings (SSSR count). The van der Waals surface area contributed by atoms with Crippen LogP contribution in [-0.2, 0) is 0 Å². The Balaban J connectivity index is 1.40. The molecule has 2 fully saturated rings. The van der Waals surface area contributed by atoms with Gasteiger partial charge in [-0.2, -0.15) is 23.5 Å². The minimum atomic E-state index is 0.715. The standard InChI is InChI=1S/C18H28N2S2/c1-15-4-2-3-5-18(15)16-6-8-20(12-16)9-7-19-17-13-21-10-11-22-14-17/h2-5,16-17,19H,6-14H2,1H3. The zero-order chi connectivity index (χ0) is 15.2. The normalized spacial score (nSPS) is 24.5. The van der Waals surface area contributed by atoms with Crippen molar-refractivity contribution < 1.29 is 0 Å². The van der Waals surface area contributed by atoms with E-state index in [1.807, 2.05) is 0 Å². The first-order chi connectivity index (χ1) is 10.8. The third kappa shape index (κ3) is 4.67. The van der Waals surface area contributed by atoms with Gasteiger partial charge in [0.05, 0.1) is 0 Å². The molecular formula is C18H28N2S2. The molecule has 2 saturated heterocycles. The number of hydrogen-bond donors (Lipinski definition) is 1. The van der Waals surface area contributed by atoms with Gasteiger partial charge in [0.1, 0.15) is 0 Å². The summed E-state index contributed by atoms with van der Waals surface area (Å²) in [5, 5.41) is 3.77. The molecule has 0 aliphatic carbocycles. The van der Waals surface area contributed by atoms with Crippen molar-refractivity contribution in [2.75, 3.05) is 49.2 Å². The summed E-state index contributed by atoms with van der Waals surface area (Å²) in [5.41, 5.74) is 3.02. The van der Waals surface area contributed by atoms with Gasteiger partial charge >= 0.3 is 0 Å². The molecule has 0 saturated carbocycles. The van der Waals surface area contributed by atoms with Crippen LogP contribution in [0.4, 0.5) is 0 Å². The SMILES string of the molecule is Cc1ccccc1C1CCN(CCNC2CSCCSC2)C1. The van der Waals surface area contributed by atoms with E-state index in [0.717, 1.165) is 12.5 Å². The first-order valence-corrected chi connectivity index (χ1v) is 10.8. The van der Waals surface area contributed by atoms with E-state index in [1.165, 1.54) is 54.6 Å². The van der Waals surface area contributed by atoms with Crippen LogP contribution in [0.5, 0.6) is 0 Å². The average Bonchev–Trinajstić information content (AvgIpc) is 2.83. The maximum absolute atomic E-state index is 3.77. The Labute approximate surface area is 143 Å². The number of nitrogens with one attached hydrogen (secondary N) is 1. The second kappa shape index (κ2) is 8.62. The van der Waals surface area contributed by atoms with Gasteiger partial charge in [-0.3, -0.25) is 0 Å². The molecule has 1 unspecified atom stereocenters. The monoisotopic (exact) mass is 336 g/mol. The van der Waals surface area contributed by atoms with Crippen molar-refractivity contribution in [3.8, 4) is 0 Å². The molecule has 1 N–H and O–H groups in total. The van der Waals surface area contributed by atoms with Crippen molar-refractivity contribution in [2.24, 2.45) is 0 Å². The molecule has 0 aromatic heterocycles. The number of rotatable bonds is 5. The van der Waals surface area contributed by atoms with Crippen molar-refractivity contribution >= 4 is 23.5 Å². The van der Waals surface area contributed by atoms with Crippen molar-refractivity contribution in [2.45, 2.75) is 25.3 Å². The fourth-order valence-electron chi connectivity index (χ4n) is 3.50. The van der Waals surface area contributed by atoms with E-state index in [4.69, 9.17) is 0 Å². The summed E-state index contributed by atoms with van der Waals surface area (Å²) in [5.74, 6) is 5.97. The summed E-state index contributed by atoms with van der Waals surface area (Å²) >= 11 is 4.22. The van der Waals surface area contributed by atoms with Crippen LogP contribution < -0.4 is 5.32 Å². The Morgan fingerprint density at radius 1 is 1.18 bits per heavy atom. The molecule has 122 valence electrons. The molecule has 1 aromatic carbocycles. The molecule has 0 spiro atoms. The minimum absolute atomic E-state index is 0.715. The lowest BCUT2D eigenvalue weighted by molar-refractivity contribution is 0.328. The average molecular weight is 337 g/mol. The lowest BCUT2D eigenvalue weighted by Gasteiger charge is -2.20. The second-order valence-electron chi connectivity index (χ2n) is 6.44. The predicted octanol–water partition coefficient (Wildman–Crippen LogP) is 3.22. The van der Waals surface area contributed by atoms with Crippen molar-refractivity contribution in [1.29, 1.82) is 0 Å². The summed E-state index contributed by atoms with van der Waals surface area (Å²) < 4.78 is 0. The molecule has 1 aromatic rings. The highest BCUT2D eigenvalue weighted by molar-refractivity contribution is 8.03. The van der Waals surface area contributed by atoms with Gasteiger partial charge < -0.3 is 10.2 Å². The van der Waals surface area contributed by atoms with Crippen LogP contribution in [0.3, 0.4) is 0 Å². The Hall–Kier alpha value is -0.160. The smallest absolute Gasteiger partial charge is 0.0249 e. The number of nitrogens with zero attached hydrogens (tertiary/aromatic N) is 1. The third-order valence-electron chi connectivity index (χ3n) is 4.77. The molecule has 2 nitrogen and oxygen atoms in total. The highest BCUT2D eigenvalue weighted by atomic mass is 32.2. The third-order valence-corrected chi connectivity index (χ3v) is 7.29. The summed E-state index contributed by atoms with van der Waals surface area (Å²) in [7, 11) is 0. The van der Waals surface area contributed by atoms with Crippen LogP contribution in [0.1, 0.15) is 23.5 Å². The molecule has 22 heavy (non-hydrogen) atoms. The van der Waals surface area contributed by atoms with Gasteiger partial charge in [-0.15, -0.1) is 0 Å². The van der Waals surface area contributed by atoms with Crippen LogP contribution in [-0.4, -0.2) is 60.1 Å². The quantitative estimate of drug-likeness (QED) is 0.887. The first-order valence-electron chi connectivity index (χ1n) is 8.49. The van der Waals surface area contributed by atoms with Crippen LogP contribution in [0, 0.1) is 6.92 Å². The Bertz CT molecular complexity index is 458. The van der Waals surface area contributed by atoms with E-state index >= 15 is 0 Å². The van der Waals surface area contributed by atoms with Crippen LogP contribution >= 0.6 is 23.5 Å².